The van der Waals surface area contributed by atoms with Crippen LogP contribution in [0.15, 0.2) is 65.5 Å². The third kappa shape index (κ3) is 3.84. The van der Waals surface area contributed by atoms with Crippen LogP contribution < -0.4 is 5.69 Å². The van der Waals surface area contributed by atoms with Crippen molar-refractivity contribution in [2.75, 3.05) is 0 Å². The van der Waals surface area contributed by atoms with Crippen molar-refractivity contribution >= 4 is 0 Å². The number of rotatable bonds is 7. The van der Waals surface area contributed by atoms with E-state index < -0.39 is 0 Å². The predicted molar refractivity (Wildman–Crippen MR) is 115 cm³/mol. The minimum atomic E-state index is -0.0866. The summed E-state index contributed by atoms with van der Waals surface area (Å²) < 4.78 is 3.25. The average Bonchev–Trinajstić information content (AvgIpc) is 3.42. The number of nitrogens with zero attached hydrogens (tertiary/aromatic N) is 6. The van der Waals surface area contributed by atoms with Crippen molar-refractivity contribution < 1.29 is 0 Å². The van der Waals surface area contributed by atoms with Crippen molar-refractivity contribution in [2.24, 2.45) is 0 Å². The molecular formula is C22H23N7O. The third-order valence-corrected chi connectivity index (χ3v) is 4.95. The number of hydrogen-bond acceptors (Lipinski definition) is 5. The number of nitrogens with one attached hydrogen (secondary N) is 1. The number of benzene rings is 2. The lowest BCUT2D eigenvalue weighted by molar-refractivity contribution is 0.647. The zero-order valence-electron chi connectivity index (χ0n) is 17.0. The summed E-state index contributed by atoms with van der Waals surface area (Å²) in [4.78, 5) is 12.7. The minimum absolute atomic E-state index is 0.0866. The zero-order valence-corrected chi connectivity index (χ0v) is 17.0. The Balaban J connectivity index is 1.62. The molecule has 0 aliphatic carbocycles. The monoisotopic (exact) mass is 401 g/mol. The minimum Gasteiger partial charge on any atom is -0.274 e. The van der Waals surface area contributed by atoms with Gasteiger partial charge in [-0.2, -0.15) is 10.3 Å². The number of H-pyrrole nitrogens is 1. The quantitative estimate of drug-likeness (QED) is 0.480. The highest BCUT2D eigenvalue weighted by atomic mass is 16.2. The van der Waals surface area contributed by atoms with Crippen molar-refractivity contribution in [3.05, 3.63) is 82.6 Å². The van der Waals surface area contributed by atoms with Crippen LogP contribution in [-0.2, 0) is 19.5 Å². The van der Waals surface area contributed by atoms with E-state index in [9.17, 15) is 4.79 Å². The molecule has 0 atom stereocenters. The van der Waals surface area contributed by atoms with E-state index in [2.05, 4.69) is 37.9 Å². The second kappa shape index (κ2) is 8.69. The Morgan fingerprint density at radius 2 is 1.83 bits per heavy atom. The van der Waals surface area contributed by atoms with E-state index in [4.69, 9.17) is 0 Å². The smallest absolute Gasteiger partial charge is 0.274 e. The van der Waals surface area contributed by atoms with Crippen molar-refractivity contribution in [2.45, 2.75) is 33.4 Å². The van der Waals surface area contributed by atoms with E-state index in [-0.39, 0.29) is 5.69 Å². The van der Waals surface area contributed by atoms with Crippen LogP contribution >= 0.6 is 0 Å². The lowest BCUT2D eigenvalue weighted by atomic mass is 9.98. The molecule has 4 aromatic rings. The fourth-order valence-electron chi connectivity index (χ4n) is 3.41. The van der Waals surface area contributed by atoms with Crippen LogP contribution in [0.4, 0.5) is 0 Å². The van der Waals surface area contributed by atoms with Gasteiger partial charge in [-0.3, -0.25) is 4.57 Å². The molecule has 1 N–H and O–H groups in total. The summed E-state index contributed by atoms with van der Waals surface area (Å²) in [6.07, 6.45) is 4.55. The maximum Gasteiger partial charge on any atom is 0.346 e. The lowest BCUT2D eigenvalue weighted by Crippen LogP contribution is -2.25. The van der Waals surface area contributed by atoms with E-state index in [0.29, 0.717) is 25.3 Å². The van der Waals surface area contributed by atoms with Gasteiger partial charge in [0.25, 0.3) is 0 Å². The first-order valence-corrected chi connectivity index (χ1v) is 9.91. The summed E-state index contributed by atoms with van der Waals surface area (Å²) in [5.74, 6) is 1.35. The summed E-state index contributed by atoms with van der Waals surface area (Å²) >= 11 is 0. The van der Waals surface area contributed by atoms with Gasteiger partial charge in [0.1, 0.15) is 5.82 Å². The van der Waals surface area contributed by atoms with Crippen molar-refractivity contribution in [1.82, 2.24) is 35.0 Å². The topological polar surface area (TPSA) is 94.3 Å². The molecule has 0 radical (unpaired) electrons. The standard InChI is InChI=1S/C22H23N7O/c1-3-5-14-29-22(30)28(20(4-2)25-29)15-16-10-12-17(13-11-16)18-8-6-7-9-19(18)21-23-26-27-24-21/h3,5-13H,4,14-15H2,1-2H3,(H,23,24,26,27)/b5-3+. The van der Waals surface area contributed by atoms with Crippen LogP contribution in [0.1, 0.15) is 25.2 Å². The maximum atomic E-state index is 12.7. The van der Waals surface area contributed by atoms with Gasteiger partial charge in [0.15, 0.2) is 0 Å². The van der Waals surface area contributed by atoms with E-state index in [0.717, 1.165) is 28.1 Å². The van der Waals surface area contributed by atoms with Gasteiger partial charge in [-0.05, 0) is 28.8 Å². The van der Waals surface area contributed by atoms with E-state index in [1.807, 2.05) is 62.4 Å². The first-order valence-electron chi connectivity index (χ1n) is 9.91. The molecule has 0 fully saturated rings. The highest BCUT2D eigenvalue weighted by Crippen LogP contribution is 2.29. The number of allylic oxidation sites excluding steroid dienone is 2. The van der Waals surface area contributed by atoms with Gasteiger partial charge in [-0.25, -0.2) is 9.48 Å². The van der Waals surface area contributed by atoms with Gasteiger partial charge in [-0.1, -0.05) is 67.6 Å². The second-order valence-electron chi connectivity index (χ2n) is 6.87. The first-order chi connectivity index (χ1) is 14.7. The molecule has 2 aromatic carbocycles. The Morgan fingerprint density at radius 1 is 1.07 bits per heavy atom. The van der Waals surface area contributed by atoms with Crippen LogP contribution in [0.25, 0.3) is 22.5 Å². The molecule has 2 aromatic heterocycles. The Hall–Kier alpha value is -3.81. The molecule has 152 valence electrons. The van der Waals surface area contributed by atoms with Gasteiger partial charge in [0, 0.05) is 12.0 Å². The van der Waals surface area contributed by atoms with Crippen molar-refractivity contribution in [3.8, 4) is 22.5 Å². The maximum absolute atomic E-state index is 12.7. The number of tetrazole rings is 1. The van der Waals surface area contributed by atoms with Crippen LogP contribution in [0, 0.1) is 0 Å². The van der Waals surface area contributed by atoms with Crippen LogP contribution in [-0.4, -0.2) is 35.0 Å². The number of hydrogen-bond donors (Lipinski definition) is 1. The molecule has 2 heterocycles. The lowest BCUT2D eigenvalue weighted by Gasteiger charge is -2.09. The molecule has 0 saturated heterocycles. The normalized spacial score (nSPS) is 11.4. The van der Waals surface area contributed by atoms with Gasteiger partial charge in [0.2, 0.25) is 5.82 Å². The number of aromatic amines is 1. The Bertz CT molecular complexity index is 1200. The molecule has 0 aliphatic rings. The molecule has 0 spiro atoms. The predicted octanol–water partition coefficient (Wildman–Crippen LogP) is 3.08. The van der Waals surface area contributed by atoms with Gasteiger partial charge < -0.3 is 0 Å². The van der Waals surface area contributed by atoms with Gasteiger partial charge in [-0.15, -0.1) is 10.2 Å². The molecule has 0 amide bonds. The summed E-state index contributed by atoms with van der Waals surface area (Å²) in [6.45, 7) is 4.92. The summed E-state index contributed by atoms with van der Waals surface area (Å²) in [6, 6.07) is 16.1. The molecule has 0 unspecified atom stereocenters. The highest BCUT2D eigenvalue weighted by Gasteiger charge is 2.13. The SMILES string of the molecule is C/C=C/Cn1nc(CC)n(Cc2ccc(-c3ccccc3-c3nn[nH]n3)cc2)c1=O. The molecule has 0 aliphatic heterocycles. The Morgan fingerprint density at radius 3 is 2.50 bits per heavy atom. The fraction of sp³-hybridized carbons (Fsp3) is 0.227. The molecule has 0 bridgehead atoms. The summed E-state index contributed by atoms with van der Waals surface area (Å²) in [5.41, 5.74) is 3.94. The molecule has 0 saturated carbocycles. The number of aromatic nitrogens is 7. The molecule has 4 rings (SSSR count). The average molecular weight is 401 g/mol. The molecule has 8 nitrogen and oxygen atoms in total. The largest absolute Gasteiger partial charge is 0.346 e. The van der Waals surface area contributed by atoms with Crippen LogP contribution in [0.2, 0.25) is 0 Å². The van der Waals surface area contributed by atoms with E-state index in [1.165, 1.54) is 4.68 Å². The Labute approximate surface area is 173 Å². The van der Waals surface area contributed by atoms with E-state index in [1.54, 1.807) is 4.57 Å². The third-order valence-electron chi connectivity index (χ3n) is 4.95. The second-order valence-corrected chi connectivity index (χ2v) is 6.87. The van der Waals surface area contributed by atoms with Crippen molar-refractivity contribution in [3.63, 3.8) is 0 Å². The summed E-state index contributed by atoms with van der Waals surface area (Å²) in [7, 11) is 0. The molecule has 30 heavy (non-hydrogen) atoms. The van der Waals surface area contributed by atoms with Crippen molar-refractivity contribution in [1.29, 1.82) is 0 Å². The highest BCUT2D eigenvalue weighted by molar-refractivity contribution is 5.80. The number of aryl methyl sites for hydroxylation is 1. The molecule has 8 heteroatoms. The Kier molecular flexibility index (Phi) is 5.65. The van der Waals surface area contributed by atoms with Gasteiger partial charge >= 0.3 is 5.69 Å². The summed E-state index contributed by atoms with van der Waals surface area (Å²) in [5, 5.41) is 18.8. The first kappa shape index (κ1) is 19.5. The van der Waals surface area contributed by atoms with Crippen LogP contribution in [0.3, 0.4) is 0 Å². The van der Waals surface area contributed by atoms with Crippen LogP contribution in [0.5, 0.6) is 0 Å². The fourth-order valence-corrected chi connectivity index (χ4v) is 3.41. The van der Waals surface area contributed by atoms with E-state index >= 15 is 0 Å². The molecular weight excluding hydrogens is 378 g/mol. The van der Waals surface area contributed by atoms with Gasteiger partial charge in [0.05, 0.1) is 13.1 Å². The zero-order chi connectivity index (χ0) is 20.9.